The van der Waals surface area contributed by atoms with Gasteiger partial charge in [0.05, 0.1) is 0 Å². The molecule has 0 saturated carbocycles. The fraction of sp³-hybridized carbons (Fsp3) is 0.273. The highest BCUT2D eigenvalue weighted by Gasteiger charge is 2.06. The van der Waals surface area contributed by atoms with Crippen molar-refractivity contribution in [2.24, 2.45) is 5.73 Å². The van der Waals surface area contributed by atoms with Crippen LogP contribution in [0.2, 0.25) is 0 Å². The number of hydrogen-bond donors (Lipinski definition) is 1. The lowest BCUT2D eigenvalue weighted by Gasteiger charge is -2.04. The maximum absolute atomic E-state index is 5.91. The van der Waals surface area contributed by atoms with Crippen LogP contribution in [0.1, 0.15) is 24.0 Å². The molecule has 1 nitrogen and oxygen atoms in total. The molecule has 0 saturated heterocycles. The zero-order chi connectivity index (χ0) is 8.39. The van der Waals surface area contributed by atoms with Crippen LogP contribution in [0.25, 0.3) is 5.70 Å². The average Bonchev–Trinajstić information content (AvgIpc) is 2.29. The van der Waals surface area contributed by atoms with Gasteiger partial charge in [-0.1, -0.05) is 30.3 Å². The van der Waals surface area contributed by atoms with Gasteiger partial charge in [0.1, 0.15) is 0 Å². The van der Waals surface area contributed by atoms with Crippen LogP contribution in [0.5, 0.6) is 0 Å². The van der Waals surface area contributed by atoms with Crippen LogP contribution in [0.4, 0.5) is 0 Å². The monoisotopic (exact) mass is 159 g/mol. The molecule has 0 radical (unpaired) electrons. The first kappa shape index (κ1) is 7.41. The summed E-state index contributed by atoms with van der Waals surface area (Å²) in [5, 5.41) is 0. The van der Waals surface area contributed by atoms with Crippen molar-refractivity contribution in [1.29, 1.82) is 0 Å². The molecule has 1 heteroatoms. The van der Waals surface area contributed by atoms with E-state index in [1.165, 1.54) is 17.5 Å². The van der Waals surface area contributed by atoms with Crippen LogP contribution < -0.4 is 5.73 Å². The molecule has 0 bridgehead atoms. The predicted octanol–water partition coefficient (Wildman–Crippen LogP) is 2.32. The van der Waals surface area contributed by atoms with Crippen LogP contribution in [0.3, 0.4) is 0 Å². The first-order valence-electron chi connectivity index (χ1n) is 4.42. The molecule has 0 aromatic heterocycles. The molecular weight excluding hydrogens is 146 g/mol. The Balaban J connectivity index is 2.51. The molecule has 0 unspecified atom stereocenters. The van der Waals surface area contributed by atoms with Crippen LogP contribution in [-0.4, -0.2) is 0 Å². The Morgan fingerprint density at radius 2 is 2.00 bits per heavy atom. The Morgan fingerprint density at radius 1 is 1.17 bits per heavy atom. The molecule has 0 heterocycles. The second kappa shape index (κ2) is 3.02. The predicted molar refractivity (Wildman–Crippen MR) is 51.5 cm³/mol. The highest BCUT2D eigenvalue weighted by molar-refractivity contribution is 5.66. The average molecular weight is 159 g/mol. The summed E-state index contributed by atoms with van der Waals surface area (Å²) in [5.41, 5.74) is 9.48. The maximum atomic E-state index is 5.91. The van der Waals surface area contributed by atoms with Crippen molar-refractivity contribution >= 4 is 5.70 Å². The third kappa shape index (κ3) is 1.22. The van der Waals surface area contributed by atoms with Gasteiger partial charge in [0.15, 0.2) is 0 Å². The molecule has 62 valence electrons. The summed E-state index contributed by atoms with van der Waals surface area (Å²) in [6.45, 7) is 0. The fourth-order valence-corrected chi connectivity index (χ4v) is 1.68. The number of fused-ring (bicyclic) bond motifs is 1. The normalized spacial score (nSPS) is 16.2. The quantitative estimate of drug-likeness (QED) is 0.617. The first-order chi connectivity index (χ1) is 5.88. The Hall–Kier alpha value is -1.24. The fourth-order valence-electron chi connectivity index (χ4n) is 1.68. The van der Waals surface area contributed by atoms with E-state index in [0.717, 1.165) is 18.5 Å². The highest BCUT2D eigenvalue weighted by Crippen LogP contribution is 2.21. The zero-order valence-electron chi connectivity index (χ0n) is 7.09. The SMILES string of the molecule is NC1=CCCCc2ccccc21. The maximum Gasteiger partial charge on any atom is 0.0349 e. The highest BCUT2D eigenvalue weighted by atomic mass is 14.6. The molecule has 0 fully saturated rings. The van der Waals surface area contributed by atoms with E-state index in [-0.39, 0.29) is 0 Å². The number of aryl methyl sites for hydroxylation is 1. The van der Waals surface area contributed by atoms with Gasteiger partial charge in [-0.05, 0) is 24.8 Å². The molecule has 1 aromatic rings. The molecule has 0 spiro atoms. The standard InChI is InChI=1S/C11H13N/c12-11-8-4-2-6-9-5-1-3-7-10(9)11/h1,3,5,7-8H,2,4,6,12H2. The van der Waals surface area contributed by atoms with Crippen molar-refractivity contribution < 1.29 is 0 Å². The van der Waals surface area contributed by atoms with E-state index in [4.69, 9.17) is 5.73 Å². The second-order valence-corrected chi connectivity index (χ2v) is 3.21. The van der Waals surface area contributed by atoms with E-state index in [1.807, 2.05) is 6.07 Å². The van der Waals surface area contributed by atoms with E-state index >= 15 is 0 Å². The van der Waals surface area contributed by atoms with Crippen LogP contribution >= 0.6 is 0 Å². The third-order valence-corrected chi connectivity index (χ3v) is 2.34. The minimum atomic E-state index is 0.947. The number of hydrogen-bond acceptors (Lipinski definition) is 1. The molecule has 12 heavy (non-hydrogen) atoms. The van der Waals surface area contributed by atoms with Crippen LogP contribution in [0, 0.1) is 0 Å². The van der Waals surface area contributed by atoms with Gasteiger partial charge < -0.3 is 5.73 Å². The molecule has 2 rings (SSSR count). The van der Waals surface area contributed by atoms with Gasteiger partial charge in [-0.15, -0.1) is 0 Å². The summed E-state index contributed by atoms with van der Waals surface area (Å²) in [5.74, 6) is 0. The molecule has 0 aliphatic heterocycles. The summed E-state index contributed by atoms with van der Waals surface area (Å²) in [4.78, 5) is 0. The third-order valence-electron chi connectivity index (χ3n) is 2.34. The lowest BCUT2D eigenvalue weighted by atomic mass is 10.0. The van der Waals surface area contributed by atoms with Crippen molar-refractivity contribution in [2.75, 3.05) is 0 Å². The van der Waals surface area contributed by atoms with Crippen molar-refractivity contribution in [2.45, 2.75) is 19.3 Å². The molecule has 2 N–H and O–H groups in total. The van der Waals surface area contributed by atoms with Gasteiger partial charge in [0, 0.05) is 11.3 Å². The molecule has 1 aliphatic carbocycles. The van der Waals surface area contributed by atoms with Gasteiger partial charge in [0.25, 0.3) is 0 Å². The summed E-state index contributed by atoms with van der Waals surface area (Å²) in [7, 11) is 0. The summed E-state index contributed by atoms with van der Waals surface area (Å²) in [6, 6.07) is 8.40. The summed E-state index contributed by atoms with van der Waals surface area (Å²) >= 11 is 0. The zero-order valence-corrected chi connectivity index (χ0v) is 7.09. The lowest BCUT2D eigenvalue weighted by Crippen LogP contribution is -1.98. The molecular formula is C11H13N. The van der Waals surface area contributed by atoms with E-state index in [9.17, 15) is 0 Å². The molecule has 0 amide bonds. The van der Waals surface area contributed by atoms with Crippen LogP contribution in [-0.2, 0) is 6.42 Å². The Morgan fingerprint density at radius 3 is 2.92 bits per heavy atom. The topological polar surface area (TPSA) is 26.0 Å². The van der Waals surface area contributed by atoms with Crippen molar-refractivity contribution in [3.63, 3.8) is 0 Å². The number of allylic oxidation sites excluding steroid dienone is 1. The van der Waals surface area contributed by atoms with Gasteiger partial charge in [-0.3, -0.25) is 0 Å². The minimum absolute atomic E-state index is 0.947. The largest absolute Gasteiger partial charge is 0.398 e. The number of benzene rings is 1. The minimum Gasteiger partial charge on any atom is -0.398 e. The smallest absolute Gasteiger partial charge is 0.0349 e. The van der Waals surface area contributed by atoms with E-state index in [0.29, 0.717) is 0 Å². The van der Waals surface area contributed by atoms with Crippen molar-refractivity contribution in [3.8, 4) is 0 Å². The number of nitrogens with two attached hydrogens (primary N) is 1. The summed E-state index contributed by atoms with van der Waals surface area (Å²) in [6.07, 6.45) is 5.62. The van der Waals surface area contributed by atoms with E-state index in [2.05, 4.69) is 24.3 Å². The number of rotatable bonds is 0. The van der Waals surface area contributed by atoms with Gasteiger partial charge in [-0.2, -0.15) is 0 Å². The van der Waals surface area contributed by atoms with Crippen molar-refractivity contribution in [1.82, 2.24) is 0 Å². The molecule has 0 atom stereocenters. The van der Waals surface area contributed by atoms with Gasteiger partial charge in [0.2, 0.25) is 0 Å². The Bertz CT molecular complexity index is 313. The van der Waals surface area contributed by atoms with Crippen LogP contribution in [0.15, 0.2) is 30.3 Å². The van der Waals surface area contributed by atoms with E-state index in [1.54, 1.807) is 0 Å². The molecule has 1 aliphatic rings. The van der Waals surface area contributed by atoms with Gasteiger partial charge in [-0.25, -0.2) is 0 Å². The Kier molecular flexibility index (Phi) is 1.86. The van der Waals surface area contributed by atoms with Crippen molar-refractivity contribution in [3.05, 3.63) is 41.5 Å². The summed E-state index contributed by atoms with van der Waals surface area (Å²) < 4.78 is 0. The lowest BCUT2D eigenvalue weighted by molar-refractivity contribution is 0.851. The first-order valence-corrected chi connectivity index (χ1v) is 4.42. The Labute approximate surface area is 72.9 Å². The second-order valence-electron chi connectivity index (χ2n) is 3.21. The van der Waals surface area contributed by atoms with Gasteiger partial charge >= 0.3 is 0 Å². The van der Waals surface area contributed by atoms with E-state index < -0.39 is 0 Å². The molecule has 1 aromatic carbocycles.